The minimum Gasteiger partial charge on any atom is -0.491 e. The van der Waals surface area contributed by atoms with Gasteiger partial charge in [0.05, 0.1) is 0 Å². The minimum atomic E-state index is -0.491. The molecule has 20 heavy (non-hydrogen) atoms. The van der Waals surface area contributed by atoms with Gasteiger partial charge in [-0.3, -0.25) is 0 Å². The van der Waals surface area contributed by atoms with Gasteiger partial charge in [-0.15, -0.1) is 0 Å². The highest BCUT2D eigenvalue weighted by Gasteiger charge is 2.21. The quantitative estimate of drug-likeness (QED) is 0.812. The fraction of sp³-hybridized carbons (Fsp3) is 0.625. The fourth-order valence-corrected chi connectivity index (χ4v) is 2.85. The first-order valence-corrected chi connectivity index (χ1v) is 7.83. The summed E-state index contributed by atoms with van der Waals surface area (Å²) in [6.07, 6.45) is 4.82. The lowest BCUT2D eigenvalue weighted by Crippen LogP contribution is -2.39. The van der Waals surface area contributed by atoms with Crippen LogP contribution in [-0.4, -0.2) is 30.4 Å². The van der Waals surface area contributed by atoms with Gasteiger partial charge in [0.25, 0.3) is 0 Å². The molecule has 0 spiro atoms. The molecule has 1 aromatic carbocycles. The zero-order chi connectivity index (χ0) is 14.4. The number of rotatable bonds is 7. The van der Waals surface area contributed by atoms with Crippen molar-refractivity contribution in [3.63, 3.8) is 0 Å². The van der Waals surface area contributed by atoms with Gasteiger partial charge in [-0.1, -0.05) is 24.4 Å². The Bertz CT molecular complexity index is 390. The van der Waals surface area contributed by atoms with Crippen molar-refractivity contribution in [1.82, 2.24) is 5.32 Å². The highest BCUT2D eigenvalue weighted by molar-refractivity contribution is 6.30. The third-order valence-corrected chi connectivity index (χ3v) is 4.29. The largest absolute Gasteiger partial charge is 0.491 e. The minimum absolute atomic E-state index is 0.298. The van der Waals surface area contributed by atoms with Crippen LogP contribution >= 0.6 is 11.6 Å². The zero-order valence-corrected chi connectivity index (χ0v) is 12.8. The number of ether oxygens (including phenoxy) is 1. The first-order chi connectivity index (χ1) is 9.65. The Hall–Kier alpha value is -0.770. The van der Waals surface area contributed by atoms with E-state index in [1.807, 2.05) is 12.1 Å². The standard InChI is InChI=1S/C16H24ClNO2/c1-12(13-4-2-3-5-13)18-10-15(19)11-20-16-8-6-14(17)7-9-16/h6-9,12-13,15,18-19H,2-5,10-11H2,1H3/t12-,15?/m0/s1. The Morgan fingerprint density at radius 3 is 2.60 bits per heavy atom. The molecule has 1 unspecified atom stereocenters. The van der Waals surface area contributed by atoms with Crippen LogP contribution in [0.25, 0.3) is 0 Å². The summed E-state index contributed by atoms with van der Waals surface area (Å²) in [7, 11) is 0. The number of nitrogens with one attached hydrogen (secondary N) is 1. The maximum absolute atomic E-state index is 9.94. The molecule has 2 N–H and O–H groups in total. The number of halogens is 1. The summed E-state index contributed by atoms with van der Waals surface area (Å²) in [6.45, 7) is 3.08. The van der Waals surface area contributed by atoms with Crippen LogP contribution in [0.5, 0.6) is 5.75 Å². The SMILES string of the molecule is C[C@H](NCC(O)COc1ccc(Cl)cc1)C1CCCC1. The monoisotopic (exact) mass is 297 g/mol. The van der Waals surface area contributed by atoms with Crippen molar-refractivity contribution in [2.45, 2.75) is 44.8 Å². The number of hydrogen-bond acceptors (Lipinski definition) is 3. The third kappa shape index (κ3) is 4.97. The molecule has 0 amide bonds. The normalized spacial score (nSPS) is 18.9. The molecule has 2 rings (SSSR count). The lowest BCUT2D eigenvalue weighted by Gasteiger charge is -2.22. The molecule has 1 saturated carbocycles. The summed E-state index contributed by atoms with van der Waals surface area (Å²) >= 11 is 5.81. The van der Waals surface area contributed by atoms with Crippen LogP contribution in [-0.2, 0) is 0 Å². The average molecular weight is 298 g/mol. The van der Waals surface area contributed by atoms with Gasteiger partial charge in [-0.05, 0) is 49.9 Å². The maximum Gasteiger partial charge on any atom is 0.119 e. The van der Waals surface area contributed by atoms with Crippen LogP contribution in [0.1, 0.15) is 32.6 Å². The summed E-state index contributed by atoms with van der Waals surface area (Å²) in [6, 6.07) is 7.66. The molecule has 0 saturated heterocycles. The van der Waals surface area contributed by atoms with E-state index in [1.54, 1.807) is 12.1 Å². The predicted octanol–water partition coefficient (Wildman–Crippen LogP) is 3.25. The van der Waals surface area contributed by atoms with Gasteiger partial charge in [-0.25, -0.2) is 0 Å². The van der Waals surface area contributed by atoms with E-state index in [2.05, 4.69) is 12.2 Å². The molecule has 1 fully saturated rings. The molecule has 0 bridgehead atoms. The second-order valence-corrected chi connectivity index (χ2v) is 6.10. The molecule has 2 atom stereocenters. The van der Waals surface area contributed by atoms with Crippen molar-refractivity contribution >= 4 is 11.6 Å². The van der Waals surface area contributed by atoms with Crippen LogP contribution in [0.2, 0.25) is 5.02 Å². The molecular formula is C16H24ClNO2. The van der Waals surface area contributed by atoms with E-state index in [9.17, 15) is 5.11 Å². The Morgan fingerprint density at radius 2 is 1.95 bits per heavy atom. The molecule has 1 aromatic rings. The second kappa shape index (κ2) is 7.87. The zero-order valence-electron chi connectivity index (χ0n) is 12.0. The highest BCUT2D eigenvalue weighted by atomic mass is 35.5. The van der Waals surface area contributed by atoms with Gasteiger partial charge in [0.15, 0.2) is 0 Å². The lowest BCUT2D eigenvalue weighted by atomic mass is 10.00. The van der Waals surface area contributed by atoms with Crippen molar-refractivity contribution in [2.75, 3.05) is 13.2 Å². The molecule has 0 aliphatic heterocycles. The average Bonchev–Trinajstić information content (AvgIpc) is 2.98. The molecule has 112 valence electrons. The summed E-state index contributed by atoms with van der Waals surface area (Å²) < 4.78 is 5.53. The van der Waals surface area contributed by atoms with Crippen LogP contribution in [0.15, 0.2) is 24.3 Å². The van der Waals surface area contributed by atoms with Gasteiger partial charge in [0.2, 0.25) is 0 Å². The molecule has 0 radical (unpaired) electrons. The first kappa shape index (κ1) is 15.6. The Balaban J connectivity index is 1.64. The fourth-order valence-electron chi connectivity index (χ4n) is 2.73. The van der Waals surface area contributed by atoms with Crippen molar-refractivity contribution in [3.8, 4) is 5.75 Å². The highest BCUT2D eigenvalue weighted by Crippen LogP contribution is 2.27. The van der Waals surface area contributed by atoms with E-state index in [-0.39, 0.29) is 0 Å². The molecule has 0 aromatic heterocycles. The Morgan fingerprint density at radius 1 is 1.30 bits per heavy atom. The van der Waals surface area contributed by atoms with E-state index in [1.165, 1.54) is 25.7 Å². The van der Waals surface area contributed by atoms with E-state index < -0.39 is 6.10 Å². The van der Waals surface area contributed by atoms with Gasteiger partial charge >= 0.3 is 0 Å². The molecule has 0 heterocycles. The predicted molar refractivity (Wildman–Crippen MR) is 82.4 cm³/mol. The van der Waals surface area contributed by atoms with Crippen LogP contribution in [0.4, 0.5) is 0 Å². The molecule has 1 aliphatic rings. The summed E-state index contributed by atoms with van der Waals surface area (Å²) in [5.41, 5.74) is 0. The Kier molecular flexibility index (Phi) is 6.14. The van der Waals surface area contributed by atoms with Crippen LogP contribution in [0, 0.1) is 5.92 Å². The van der Waals surface area contributed by atoms with Gasteiger partial charge in [-0.2, -0.15) is 0 Å². The summed E-state index contributed by atoms with van der Waals surface area (Å²) in [5, 5.41) is 14.0. The maximum atomic E-state index is 9.94. The van der Waals surface area contributed by atoms with Crippen LogP contribution < -0.4 is 10.1 Å². The molecular weight excluding hydrogens is 274 g/mol. The topological polar surface area (TPSA) is 41.5 Å². The molecule has 4 heteroatoms. The molecule has 1 aliphatic carbocycles. The van der Waals surface area contributed by atoms with E-state index in [0.29, 0.717) is 24.2 Å². The number of aliphatic hydroxyl groups excluding tert-OH is 1. The summed E-state index contributed by atoms with van der Waals surface area (Å²) in [4.78, 5) is 0. The Labute approximate surface area is 126 Å². The van der Waals surface area contributed by atoms with Crippen molar-refractivity contribution in [2.24, 2.45) is 5.92 Å². The van der Waals surface area contributed by atoms with Crippen molar-refractivity contribution in [3.05, 3.63) is 29.3 Å². The molecule has 3 nitrogen and oxygen atoms in total. The van der Waals surface area contributed by atoms with Crippen LogP contribution in [0.3, 0.4) is 0 Å². The van der Waals surface area contributed by atoms with Gasteiger partial charge in [0.1, 0.15) is 18.5 Å². The summed E-state index contributed by atoms with van der Waals surface area (Å²) in [5.74, 6) is 1.50. The third-order valence-electron chi connectivity index (χ3n) is 4.04. The second-order valence-electron chi connectivity index (χ2n) is 5.66. The van der Waals surface area contributed by atoms with E-state index in [0.717, 1.165) is 11.7 Å². The lowest BCUT2D eigenvalue weighted by molar-refractivity contribution is 0.102. The number of benzene rings is 1. The van der Waals surface area contributed by atoms with E-state index in [4.69, 9.17) is 16.3 Å². The van der Waals surface area contributed by atoms with Gasteiger partial charge < -0.3 is 15.2 Å². The smallest absolute Gasteiger partial charge is 0.119 e. The number of aliphatic hydroxyl groups is 1. The van der Waals surface area contributed by atoms with Gasteiger partial charge in [0, 0.05) is 17.6 Å². The first-order valence-electron chi connectivity index (χ1n) is 7.45. The van der Waals surface area contributed by atoms with Crippen molar-refractivity contribution < 1.29 is 9.84 Å². The number of hydrogen-bond donors (Lipinski definition) is 2. The van der Waals surface area contributed by atoms with E-state index >= 15 is 0 Å². The van der Waals surface area contributed by atoms with Crippen molar-refractivity contribution in [1.29, 1.82) is 0 Å².